The molecule has 19 heteroatoms. The Labute approximate surface area is 152 Å². The number of primary amides is 1. The SMILES string of the molecule is NC(=O)COS(=O)(=O)CCC(F)(F)C(F)(F)C(F)(F)C(F)(F)C(F)(F)C(F)(F)F. The molecule has 0 saturated heterocycles. The third-order valence-electron chi connectivity index (χ3n) is 3.05. The number of halogens is 13. The summed E-state index contributed by atoms with van der Waals surface area (Å²) in [5.41, 5.74) is 4.39. The van der Waals surface area contributed by atoms with E-state index in [0.717, 1.165) is 0 Å². The predicted molar refractivity (Wildman–Crippen MR) is 64.3 cm³/mol. The molecule has 5 nitrogen and oxygen atoms in total. The predicted octanol–water partition coefficient (Wildman–Crippen LogP) is 2.95. The minimum Gasteiger partial charge on any atom is -0.368 e. The van der Waals surface area contributed by atoms with Gasteiger partial charge in [0, 0.05) is 6.42 Å². The summed E-state index contributed by atoms with van der Waals surface area (Å²) in [6.07, 6.45) is -10.5. The lowest BCUT2D eigenvalue weighted by molar-refractivity contribution is -0.439. The highest BCUT2D eigenvalue weighted by molar-refractivity contribution is 7.86. The first kappa shape index (κ1) is 27.5. The molecule has 0 bridgehead atoms. The van der Waals surface area contributed by atoms with Gasteiger partial charge in [0.1, 0.15) is 6.61 Å². The molecule has 0 rings (SSSR count). The van der Waals surface area contributed by atoms with Gasteiger partial charge in [-0.2, -0.15) is 65.5 Å². The monoisotopic (exact) mass is 485 g/mol. The maximum atomic E-state index is 13.3. The van der Waals surface area contributed by atoms with Crippen LogP contribution in [0.5, 0.6) is 0 Å². The third kappa shape index (κ3) is 4.97. The number of hydrogen-bond donors (Lipinski definition) is 1. The average molecular weight is 485 g/mol. The highest BCUT2D eigenvalue weighted by atomic mass is 32.2. The molecule has 0 atom stereocenters. The van der Waals surface area contributed by atoms with Gasteiger partial charge < -0.3 is 5.73 Å². The van der Waals surface area contributed by atoms with Gasteiger partial charge in [0.2, 0.25) is 5.91 Å². The van der Waals surface area contributed by atoms with E-state index in [4.69, 9.17) is 0 Å². The van der Waals surface area contributed by atoms with Gasteiger partial charge in [-0.3, -0.25) is 8.98 Å². The van der Waals surface area contributed by atoms with Gasteiger partial charge in [-0.05, 0) is 0 Å². The lowest BCUT2D eigenvalue weighted by atomic mass is 9.93. The quantitative estimate of drug-likeness (QED) is 0.381. The van der Waals surface area contributed by atoms with Crippen molar-refractivity contribution in [1.82, 2.24) is 0 Å². The number of carbonyl (C=O) groups is 1. The van der Waals surface area contributed by atoms with Crippen molar-refractivity contribution in [3.63, 3.8) is 0 Å². The molecule has 174 valence electrons. The van der Waals surface area contributed by atoms with Gasteiger partial charge in [-0.15, -0.1) is 0 Å². The van der Waals surface area contributed by atoms with Crippen LogP contribution < -0.4 is 5.73 Å². The van der Waals surface area contributed by atoms with Crippen LogP contribution >= 0.6 is 0 Å². The molecule has 0 saturated carbocycles. The first-order valence-electron chi connectivity index (χ1n) is 6.48. The molecular formula is C10H8F13NO4S. The number of hydrogen-bond acceptors (Lipinski definition) is 4. The van der Waals surface area contributed by atoms with E-state index in [0.29, 0.717) is 0 Å². The van der Waals surface area contributed by atoms with E-state index in [9.17, 15) is 70.3 Å². The van der Waals surface area contributed by atoms with Crippen LogP contribution in [-0.2, 0) is 19.1 Å². The van der Waals surface area contributed by atoms with Crippen LogP contribution in [0.1, 0.15) is 6.42 Å². The number of amides is 1. The van der Waals surface area contributed by atoms with Gasteiger partial charge in [-0.25, -0.2) is 0 Å². The molecule has 2 N–H and O–H groups in total. The van der Waals surface area contributed by atoms with Crippen LogP contribution in [0.4, 0.5) is 57.1 Å². The summed E-state index contributed by atoms with van der Waals surface area (Å²) in [5, 5.41) is 0. The van der Waals surface area contributed by atoms with Gasteiger partial charge >= 0.3 is 35.8 Å². The first-order chi connectivity index (χ1) is 12.4. The van der Waals surface area contributed by atoms with E-state index in [1.165, 1.54) is 0 Å². The van der Waals surface area contributed by atoms with E-state index in [1.807, 2.05) is 0 Å². The molecule has 29 heavy (non-hydrogen) atoms. The average Bonchev–Trinajstić information content (AvgIpc) is 2.49. The zero-order valence-corrected chi connectivity index (χ0v) is 14.0. The van der Waals surface area contributed by atoms with Crippen molar-refractivity contribution < 1.29 is 74.5 Å². The third-order valence-corrected chi connectivity index (χ3v) is 4.23. The van der Waals surface area contributed by atoms with Crippen LogP contribution in [0.25, 0.3) is 0 Å². The molecule has 0 heterocycles. The van der Waals surface area contributed by atoms with Gasteiger partial charge in [-0.1, -0.05) is 0 Å². The topological polar surface area (TPSA) is 86.5 Å². The molecule has 0 radical (unpaired) electrons. The van der Waals surface area contributed by atoms with E-state index in [2.05, 4.69) is 9.92 Å². The Morgan fingerprint density at radius 1 is 0.724 bits per heavy atom. The second-order valence-corrected chi connectivity index (χ2v) is 7.00. The fourth-order valence-corrected chi connectivity index (χ4v) is 2.34. The van der Waals surface area contributed by atoms with E-state index in [1.54, 1.807) is 0 Å². The summed E-state index contributed by atoms with van der Waals surface area (Å²) in [7, 11) is -5.38. The Bertz CT molecular complexity index is 716. The summed E-state index contributed by atoms with van der Waals surface area (Å²) in [6.45, 7) is -1.53. The fraction of sp³-hybridized carbons (Fsp3) is 0.900. The van der Waals surface area contributed by atoms with Crippen LogP contribution in [0.2, 0.25) is 0 Å². The first-order valence-corrected chi connectivity index (χ1v) is 8.06. The Hall–Kier alpha value is -1.53. The van der Waals surface area contributed by atoms with Crippen LogP contribution in [0.15, 0.2) is 0 Å². The summed E-state index contributed by atoms with van der Waals surface area (Å²) in [6, 6.07) is 0. The van der Waals surface area contributed by atoms with E-state index in [-0.39, 0.29) is 0 Å². The summed E-state index contributed by atoms with van der Waals surface area (Å²) < 4.78 is 192. The van der Waals surface area contributed by atoms with Crippen molar-refractivity contribution in [3.8, 4) is 0 Å². The van der Waals surface area contributed by atoms with E-state index < -0.39 is 70.6 Å². The normalized spacial score (nSPS) is 15.5. The molecular weight excluding hydrogens is 477 g/mol. The summed E-state index contributed by atoms with van der Waals surface area (Å²) >= 11 is 0. The summed E-state index contributed by atoms with van der Waals surface area (Å²) in [5.74, 6) is -42.0. The zero-order chi connectivity index (χ0) is 23.9. The van der Waals surface area contributed by atoms with Crippen LogP contribution in [-0.4, -0.2) is 62.5 Å². The Balaban J connectivity index is 5.91. The molecule has 0 aromatic rings. The van der Waals surface area contributed by atoms with E-state index >= 15 is 0 Å². The second kappa shape index (κ2) is 7.62. The van der Waals surface area contributed by atoms with Gasteiger partial charge in [0.25, 0.3) is 10.1 Å². The largest absolute Gasteiger partial charge is 0.460 e. The molecule has 0 unspecified atom stereocenters. The number of nitrogens with two attached hydrogens (primary N) is 1. The highest BCUT2D eigenvalue weighted by Gasteiger charge is 2.90. The molecule has 0 fully saturated rings. The van der Waals surface area contributed by atoms with Crippen molar-refractivity contribution in [2.45, 2.75) is 42.2 Å². The minimum absolute atomic E-state index is 1.53. The van der Waals surface area contributed by atoms with Crippen molar-refractivity contribution >= 4 is 16.0 Å². The number of rotatable bonds is 10. The molecule has 0 spiro atoms. The highest BCUT2D eigenvalue weighted by Crippen LogP contribution is 2.60. The Kier molecular flexibility index (Phi) is 7.22. The van der Waals surface area contributed by atoms with Crippen molar-refractivity contribution in [1.29, 1.82) is 0 Å². The molecule has 1 amide bonds. The maximum absolute atomic E-state index is 13.3. The zero-order valence-electron chi connectivity index (χ0n) is 13.2. The fourth-order valence-electron chi connectivity index (χ4n) is 1.42. The number of carbonyl (C=O) groups excluding carboxylic acids is 1. The van der Waals surface area contributed by atoms with Crippen molar-refractivity contribution in [2.75, 3.05) is 12.4 Å². The van der Waals surface area contributed by atoms with Gasteiger partial charge in [0.05, 0.1) is 5.75 Å². The minimum atomic E-state index is -8.08. The maximum Gasteiger partial charge on any atom is 0.460 e. The van der Waals surface area contributed by atoms with Crippen LogP contribution in [0, 0.1) is 0 Å². The van der Waals surface area contributed by atoms with Crippen molar-refractivity contribution in [2.24, 2.45) is 5.73 Å². The lowest BCUT2D eigenvalue weighted by Crippen LogP contribution is -2.70. The smallest absolute Gasteiger partial charge is 0.368 e. The molecule has 0 aromatic carbocycles. The van der Waals surface area contributed by atoms with Crippen LogP contribution in [0.3, 0.4) is 0 Å². The van der Waals surface area contributed by atoms with Crippen molar-refractivity contribution in [3.05, 3.63) is 0 Å². The summed E-state index contributed by atoms with van der Waals surface area (Å²) in [4.78, 5) is 10.2. The number of alkyl halides is 13. The Morgan fingerprint density at radius 2 is 1.10 bits per heavy atom. The van der Waals surface area contributed by atoms with Gasteiger partial charge in [0.15, 0.2) is 0 Å². The molecule has 0 aromatic heterocycles. The molecule has 0 aliphatic rings. The second-order valence-electron chi connectivity index (χ2n) is 5.24. The molecule has 0 aliphatic carbocycles. The lowest BCUT2D eigenvalue weighted by Gasteiger charge is -2.39. The standard InChI is InChI=1S/C10H8F13NO4S/c11-5(12,1-2-29(26,27)28-3-4(24)25)6(13,14)7(15,16)8(17,18)9(19,20)10(21,22)23/h1-3H2,(H2,24,25). The molecule has 0 aliphatic heterocycles. The Morgan fingerprint density at radius 3 is 1.45 bits per heavy atom.